The zero-order valence-electron chi connectivity index (χ0n) is 17.3. The first-order chi connectivity index (χ1) is 13.9. The fourth-order valence-corrected chi connectivity index (χ4v) is 4.27. The Kier molecular flexibility index (Phi) is 6.75. The topological polar surface area (TPSA) is 55.2 Å². The molecule has 1 heterocycles. The molecular weight excluding hydrogens is 382 g/mol. The molecule has 152 valence electrons. The first-order valence-corrected chi connectivity index (χ1v) is 10.9. The predicted molar refractivity (Wildman–Crippen MR) is 121 cm³/mol. The van der Waals surface area contributed by atoms with Gasteiger partial charge in [-0.05, 0) is 51.5 Å². The minimum Gasteiger partial charge on any atom is -0.309 e. The largest absolute Gasteiger partial charge is 0.309 e. The van der Waals surface area contributed by atoms with Crippen molar-refractivity contribution >= 4 is 34.3 Å². The first kappa shape index (κ1) is 21.1. The highest BCUT2D eigenvalue weighted by molar-refractivity contribution is 7.99. The van der Waals surface area contributed by atoms with Crippen molar-refractivity contribution in [2.45, 2.75) is 51.4 Å². The first-order valence-electron chi connectivity index (χ1n) is 9.95. The second-order valence-corrected chi connectivity index (χ2v) is 8.27. The van der Waals surface area contributed by atoms with Crippen LogP contribution >= 0.6 is 11.8 Å². The van der Waals surface area contributed by atoms with Crippen LogP contribution < -0.4 is 10.5 Å². The lowest BCUT2D eigenvalue weighted by Gasteiger charge is -2.27. The molecule has 0 N–H and O–H groups in total. The van der Waals surface area contributed by atoms with Crippen LogP contribution in [0, 0.1) is 0 Å². The number of anilines is 1. The summed E-state index contributed by atoms with van der Waals surface area (Å²) in [7, 11) is 0. The van der Waals surface area contributed by atoms with Gasteiger partial charge in [-0.2, -0.15) is 0 Å². The summed E-state index contributed by atoms with van der Waals surface area (Å²) < 4.78 is 1.72. The standard InChI is InChI=1S/C23H27N3O2S/c1-5-17(4)26-22(28)19-13-9-10-14-20(19)24-23(26)29-15-21(27)25(16(2)3)18-11-7-6-8-12-18/h6-14,16-17H,5,15H2,1-4H3/t17-/m0/s1. The summed E-state index contributed by atoms with van der Waals surface area (Å²) in [6.07, 6.45) is 0.809. The number of benzene rings is 2. The van der Waals surface area contributed by atoms with Crippen molar-refractivity contribution in [1.82, 2.24) is 9.55 Å². The minimum absolute atomic E-state index is 0.00527. The SMILES string of the molecule is CC[C@H](C)n1c(SCC(=O)N(c2ccccc2)C(C)C)nc2ccccc2c1=O. The third-order valence-corrected chi connectivity index (χ3v) is 5.89. The van der Waals surface area contributed by atoms with Crippen LogP contribution in [0.25, 0.3) is 10.9 Å². The molecule has 2 aromatic carbocycles. The number of hydrogen-bond donors (Lipinski definition) is 0. The number of nitrogens with zero attached hydrogens (tertiary/aromatic N) is 3. The molecule has 0 aliphatic carbocycles. The molecule has 0 spiro atoms. The Hall–Kier alpha value is -2.60. The summed E-state index contributed by atoms with van der Waals surface area (Å²) in [5.74, 6) is 0.211. The summed E-state index contributed by atoms with van der Waals surface area (Å²) in [4.78, 5) is 32.6. The molecule has 3 rings (SSSR count). The molecule has 0 unspecified atom stereocenters. The van der Waals surface area contributed by atoms with Gasteiger partial charge in [0.25, 0.3) is 5.56 Å². The lowest BCUT2D eigenvalue weighted by Crippen LogP contribution is -2.38. The van der Waals surface area contributed by atoms with Crippen molar-refractivity contribution in [2.24, 2.45) is 0 Å². The number of aromatic nitrogens is 2. The number of para-hydroxylation sites is 2. The van der Waals surface area contributed by atoms with Crippen molar-refractivity contribution in [3.05, 3.63) is 65.0 Å². The summed E-state index contributed by atoms with van der Waals surface area (Å²) in [5, 5.41) is 1.20. The van der Waals surface area contributed by atoms with Gasteiger partial charge < -0.3 is 4.90 Å². The Morgan fingerprint density at radius 1 is 1.07 bits per heavy atom. The number of amides is 1. The summed E-state index contributed by atoms with van der Waals surface area (Å²) >= 11 is 1.33. The van der Waals surface area contributed by atoms with Crippen LogP contribution in [0.3, 0.4) is 0 Å². The van der Waals surface area contributed by atoms with Gasteiger partial charge in [0.1, 0.15) is 0 Å². The van der Waals surface area contributed by atoms with Gasteiger partial charge in [0.15, 0.2) is 5.16 Å². The quantitative estimate of drug-likeness (QED) is 0.411. The van der Waals surface area contributed by atoms with Crippen molar-refractivity contribution in [3.63, 3.8) is 0 Å². The highest BCUT2D eigenvalue weighted by Gasteiger charge is 2.21. The zero-order chi connectivity index (χ0) is 21.0. The van der Waals surface area contributed by atoms with Crippen LogP contribution in [-0.4, -0.2) is 27.3 Å². The van der Waals surface area contributed by atoms with Crippen molar-refractivity contribution in [3.8, 4) is 0 Å². The van der Waals surface area contributed by atoms with Crippen LogP contribution in [0.1, 0.15) is 40.2 Å². The van der Waals surface area contributed by atoms with E-state index in [4.69, 9.17) is 4.98 Å². The lowest BCUT2D eigenvalue weighted by atomic mass is 10.2. The molecule has 3 aromatic rings. The molecule has 1 aromatic heterocycles. The van der Waals surface area contributed by atoms with Gasteiger partial charge in [0.05, 0.1) is 16.7 Å². The van der Waals surface area contributed by atoms with E-state index in [-0.39, 0.29) is 29.3 Å². The third kappa shape index (κ3) is 4.53. The average molecular weight is 410 g/mol. The molecule has 0 saturated carbocycles. The molecule has 6 heteroatoms. The van der Waals surface area contributed by atoms with E-state index in [1.807, 2.05) is 76.2 Å². The number of rotatable bonds is 7. The molecule has 0 aliphatic rings. The van der Waals surface area contributed by atoms with Crippen LogP contribution in [-0.2, 0) is 4.79 Å². The normalized spacial score (nSPS) is 12.3. The van der Waals surface area contributed by atoms with Crippen LogP contribution in [0.15, 0.2) is 64.5 Å². The van der Waals surface area contributed by atoms with E-state index in [0.717, 1.165) is 12.1 Å². The number of fused-ring (bicyclic) bond motifs is 1. The van der Waals surface area contributed by atoms with Gasteiger partial charge >= 0.3 is 0 Å². The Morgan fingerprint density at radius 2 is 1.72 bits per heavy atom. The molecule has 0 fully saturated rings. The van der Waals surface area contributed by atoms with E-state index < -0.39 is 0 Å². The number of carbonyl (C=O) groups is 1. The molecule has 0 radical (unpaired) electrons. The zero-order valence-corrected chi connectivity index (χ0v) is 18.1. The van der Waals surface area contributed by atoms with Crippen LogP contribution in [0.4, 0.5) is 5.69 Å². The molecule has 0 aliphatic heterocycles. The van der Waals surface area contributed by atoms with Gasteiger partial charge in [-0.25, -0.2) is 4.98 Å². The molecule has 1 atom stereocenters. The molecule has 29 heavy (non-hydrogen) atoms. The summed E-state index contributed by atoms with van der Waals surface area (Å²) in [6, 6.07) is 17.1. The Balaban J connectivity index is 1.93. The Labute approximate surface area is 175 Å². The monoisotopic (exact) mass is 409 g/mol. The molecule has 0 bridgehead atoms. The maximum Gasteiger partial charge on any atom is 0.262 e. The van der Waals surface area contributed by atoms with Crippen LogP contribution in [0.5, 0.6) is 0 Å². The third-order valence-electron chi connectivity index (χ3n) is 4.95. The van der Waals surface area contributed by atoms with Gasteiger partial charge in [0.2, 0.25) is 5.91 Å². The van der Waals surface area contributed by atoms with Crippen molar-refractivity contribution in [1.29, 1.82) is 0 Å². The second kappa shape index (κ2) is 9.27. The second-order valence-electron chi connectivity index (χ2n) is 7.33. The highest BCUT2D eigenvalue weighted by Crippen LogP contribution is 2.24. The molecule has 0 saturated heterocycles. The summed E-state index contributed by atoms with van der Waals surface area (Å²) in [5.41, 5.74) is 1.48. The molecular formula is C23H27N3O2S. The maximum absolute atomic E-state index is 13.1. The van der Waals surface area contributed by atoms with E-state index in [2.05, 4.69) is 0 Å². The number of hydrogen-bond acceptors (Lipinski definition) is 4. The molecule has 1 amide bonds. The van der Waals surface area contributed by atoms with Crippen molar-refractivity contribution in [2.75, 3.05) is 10.7 Å². The molecule has 5 nitrogen and oxygen atoms in total. The number of carbonyl (C=O) groups excluding carboxylic acids is 1. The maximum atomic E-state index is 13.1. The Morgan fingerprint density at radius 3 is 2.38 bits per heavy atom. The minimum atomic E-state index is -0.0522. The Bertz CT molecular complexity index is 1050. The van der Waals surface area contributed by atoms with Gasteiger partial charge in [-0.15, -0.1) is 0 Å². The van der Waals surface area contributed by atoms with Gasteiger partial charge in [0, 0.05) is 17.8 Å². The van der Waals surface area contributed by atoms with E-state index in [1.165, 1.54) is 11.8 Å². The van der Waals surface area contributed by atoms with Gasteiger partial charge in [-0.1, -0.05) is 49.0 Å². The van der Waals surface area contributed by atoms with E-state index in [9.17, 15) is 9.59 Å². The lowest BCUT2D eigenvalue weighted by molar-refractivity contribution is -0.116. The fourth-order valence-electron chi connectivity index (χ4n) is 3.31. The highest BCUT2D eigenvalue weighted by atomic mass is 32.2. The van der Waals surface area contributed by atoms with E-state index >= 15 is 0 Å². The van der Waals surface area contributed by atoms with E-state index in [1.54, 1.807) is 15.5 Å². The number of thioether (sulfide) groups is 1. The van der Waals surface area contributed by atoms with Crippen molar-refractivity contribution < 1.29 is 4.79 Å². The van der Waals surface area contributed by atoms with Crippen LogP contribution in [0.2, 0.25) is 0 Å². The van der Waals surface area contributed by atoms with Gasteiger partial charge in [-0.3, -0.25) is 14.2 Å². The average Bonchev–Trinajstić information content (AvgIpc) is 2.72. The predicted octanol–water partition coefficient (Wildman–Crippen LogP) is 4.90. The van der Waals surface area contributed by atoms with E-state index in [0.29, 0.717) is 16.1 Å². The summed E-state index contributed by atoms with van der Waals surface area (Å²) in [6.45, 7) is 8.05. The fraction of sp³-hybridized carbons (Fsp3) is 0.348. The smallest absolute Gasteiger partial charge is 0.262 e.